The third-order valence-electron chi connectivity index (χ3n) is 11.6. The Hall–Kier alpha value is -7.81. The number of ether oxygens (including phenoxy) is 1. The number of hydrogen-bond acceptors (Lipinski definition) is 5. The van der Waals surface area contributed by atoms with Crippen LogP contribution in [-0.4, -0.2) is 11.7 Å². The minimum Gasteiger partial charge on any atom is -0.457 e. The van der Waals surface area contributed by atoms with E-state index in [4.69, 9.17) is 14.7 Å². The van der Waals surface area contributed by atoms with Crippen LogP contribution in [0, 0.1) is 11.3 Å². The van der Waals surface area contributed by atoms with Gasteiger partial charge in [-0.3, -0.25) is 0 Å². The second kappa shape index (κ2) is 13.4. The molecule has 0 aromatic heterocycles. The van der Waals surface area contributed by atoms with E-state index in [1.807, 2.05) is 66.7 Å². The molecule has 1 N–H and O–H groups in total. The number of nitriles is 1. The molecule has 8 aromatic rings. The molecular formula is C53H34N4O. The van der Waals surface area contributed by atoms with Crippen molar-refractivity contribution in [2.24, 2.45) is 9.98 Å². The van der Waals surface area contributed by atoms with Crippen molar-refractivity contribution in [2.45, 2.75) is 11.6 Å². The van der Waals surface area contributed by atoms with Gasteiger partial charge in [-0.05, 0) is 92.5 Å². The van der Waals surface area contributed by atoms with Gasteiger partial charge in [0.15, 0.2) is 6.17 Å². The molecule has 2 aliphatic heterocycles. The smallest absolute Gasteiger partial charge is 0.169 e. The Morgan fingerprint density at radius 1 is 0.448 bits per heavy atom. The van der Waals surface area contributed by atoms with Gasteiger partial charge in [0.1, 0.15) is 23.2 Å². The molecule has 5 nitrogen and oxygen atoms in total. The molecule has 11 rings (SSSR count). The van der Waals surface area contributed by atoms with Crippen LogP contribution in [0.5, 0.6) is 11.5 Å². The number of hydrogen-bond donors (Lipinski definition) is 1. The molecule has 0 saturated carbocycles. The van der Waals surface area contributed by atoms with E-state index >= 15 is 0 Å². The van der Waals surface area contributed by atoms with Gasteiger partial charge in [-0.15, -0.1) is 0 Å². The lowest BCUT2D eigenvalue weighted by atomic mass is 9.65. The molecule has 8 aromatic carbocycles. The Labute approximate surface area is 336 Å². The first kappa shape index (κ1) is 33.5. The van der Waals surface area contributed by atoms with E-state index in [0.29, 0.717) is 5.56 Å². The second-order valence-corrected chi connectivity index (χ2v) is 14.9. The maximum atomic E-state index is 10.1. The van der Waals surface area contributed by atoms with Gasteiger partial charge < -0.3 is 10.1 Å². The van der Waals surface area contributed by atoms with Gasteiger partial charge in [-0.2, -0.15) is 5.26 Å². The van der Waals surface area contributed by atoms with Gasteiger partial charge in [0.2, 0.25) is 0 Å². The first-order valence-corrected chi connectivity index (χ1v) is 19.5. The third-order valence-corrected chi connectivity index (χ3v) is 11.6. The van der Waals surface area contributed by atoms with Gasteiger partial charge in [0, 0.05) is 22.3 Å². The standard InChI is InChI=1S/C53H34N4O/c54-33-34-25-27-42-43-28-26-40(32-47(43)53(46(42)29-34)44-21-7-9-23-48(44)58-49-24-10-8-22-45(49)53)38-18-11-17-37(30-38)39-19-12-20-41(31-39)52-56-50(35-13-3-1-4-14-35)55-51(57-52)36-15-5-2-6-16-36/h1-32,50H,(H,55,56,57). The minimum absolute atomic E-state index is 0.366. The van der Waals surface area contributed by atoms with Crippen LogP contribution in [0.25, 0.3) is 33.4 Å². The van der Waals surface area contributed by atoms with Crippen molar-refractivity contribution in [1.29, 1.82) is 5.26 Å². The topological polar surface area (TPSA) is 69.8 Å². The van der Waals surface area contributed by atoms with Crippen molar-refractivity contribution < 1.29 is 4.74 Å². The highest BCUT2D eigenvalue weighted by molar-refractivity contribution is 6.16. The summed E-state index contributed by atoms with van der Waals surface area (Å²) in [6.07, 6.45) is -0.366. The Balaban J connectivity index is 1.01. The molecule has 1 aliphatic carbocycles. The lowest BCUT2D eigenvalue weighted by Crippen LogP contribution is -2.36. The number of benzene rings is 8. The van der Waals surface area contributed by atoms with Crippen LogP contribution in [0.4, 0.5) is 0 Å². The Morgan fingerprint density at radius 2 is 0.948 bits per heavy atom. The Bertz CT molecular complexity index is 2990. The van der Waals surface area contributed by atoms with E-state index in [0.717, 1.165) is 89.9 Å². The van der Waals surface area contributed by atoms with E-state index in [1.54, 1.807) is 0 Å². The number of para-hydroxylation sites is 2. The number of nitrogens with one attached hydrogen (secondary N) is 1. The second-order valence-electron chi connectivity index (χ2n) is 14.9. The highest BCUT2D eigenvalue weighted by Crippen LogP contribution is 2.62. The zero-order valence-electron chi connectivity index (χ0n) is 31.3. The third kappa shape index (κ3) is 5.31. The highest BCUT2D eigenvalue weighted by Gasteiger charge is 2.51. The van der Waals surface area contributed by atoms with Crippen molar-refractivity contribution in [3.8, 4) is 50.9 Å². The maximum absolute atomic E-state index is 10.1. The summed E-state index contributed by atoms with van der Waals surface area (Å²) in [5.41, 5.74) is 14.1. The van der Waals surface area contributed by atoms with Gasteiger partial charge in [0.05, 0.1) is 17.0 Å². The number of fused-ring (bicyclic) bond motifs is 9. The molecule has 0 bridgehead atoms. The van der Waals surface area contributed by atoms with Crippen LogP contribution in [0.15, 0.2) is 204 Å². The molecule has 0 fully saturated rings. The summed E-state index contributed by atoms with van der Waals surface area (Å²) in [6.45, 7) is 0. The summed E-state index contributed by atoms with van der Waals surface area (Å²) in [7, 11) is 0. The zero-order valence-corrected chi connectivity index (χ0v) is 31.3. The zero-order chi connectivity index (χ0) is 38.6. The van der Waals surface area contributed by atoms with Gasteiger partial charge in [0.25, 0.3) is 0 Å². The van der Waals surface area contributed by atoms with E-state index in [-0.39, 0.29) is 6.17 Å². The lowest BCUT2D eigenvalue weighted by Gasteiger charge is -2.39. The number of nitrogens with zero attached hydrogens (tertiary/aromatic N) is 3. The normalized spacial score (nSPS) is 15.3. The number of rotatable bonds is 5. The molecule has 2 heterocycles. The highest BCUT2D eigenvalue weighted by atomic mass is 16.5. The fourth-order valence-electron chi connectivity index (χ4n) is 8.99. The molecule has 5 heteroatoms. The fraction of sp³-hybridized carbons (Fsp3) is 0.0377. The fourth-order valence-corrected chi connectivity index (χ4v) is 8.99. The van der Waals surface area contributed by atoms with E-state index in [2.05, 4.69) is 139 Å². The number of aliphatic imine (C=N–C) groups is 2. The summed E-state index contributed by atoms with van der Waals surface area (Å²) in [4.78, 5) is 10.1. The van der Waals surface area contributed by atoms with Gasteiger partial charge in [-0.25, -0.2) is 9.98 Å². The van der Waals surface area contributed by atoms with Crippen molar-refractivity contribution >= 4 is 11.7 Å². The van der Waals surface area contributed by atoms with Crippen LogP contribution in [-0.2, 0) is 5.41 Å². The summed E-state index contributed by atoms with van der Waals surface area (Å²) >= 11 is 0. The summed E-state index contributed by atoms with van der Waals surface area (Å²) in [6, 6.07) is 69.8. The van der Waals surface area contributed by atoms with Crippen LogP contribution in [0.1, 0.15) is 50.7 Å². The average Bonchev–Trinajstić information content (AvgIpc) is 3.58. The molecule has 1 unspecified atom stereocenters. The SMILES string of the molecule is N#Cc1ccc2c(c1)C1(c3ccccc3Oc3ccccc31)c1cc(-c3cccc(-c4cccc(C5=NC(c6ccccc6)N=C(c6ccccc6)N5)c4)c3)ccc1-2. The Kier molecular flexibility index (Phi) is 7.77. The molecular weight excluding hydrogens is 709 g/mol. The summed E-state index contributed by atoms with van der Waals surface area (Å²) in [5, 5.41) is 13.7. The largest absolute Gasteiger partial charge is 0.457 e. The van der Waals surface area contributed by atoms with Crippen molar-refractivity contribution in [2.75, 3.05) is 0 Å². The first-order chi connectivity index (χ1) is 28.7. The van der Waals surface area contributed by atoms with Crippen LogP contribution >= 0.6 is 0 Å². The van der Waals surface area contributed by atoms with E-state index in [9.17, 15) is 5.26 Å². The van der Waals surface area contributed by atoms with Gasteiger partial charge in [-0.1, -0.05) is 152 Å². The van der Waals surface area contributed by atoms with Crippen LogP contribution < -0.4 is 10.1 Å². The molecule has 3 aliphatic rings. The molecule has 272 valence electrons. The number of amidine groups is 2. The van der Waals surface area contributed by atoms with Crippen LogP contribution in [0.3, 0.4) is 0 Å². The Morgan fingerprint density at radius 3 is 1.60 bits per heavy atom. The summed E-state index contributed by atoms with van der Waals surface area (Å²) in [5.74, 6) is 3.22. The van der Waals surface area contributed by atoms with Crippen LogP contribution in [0.2, 0.25) is 0 Å². The molecule has 1 atom stereocenters. The van der Waals surface area contributed by atoms with Crippen molar-refractivity contribution in [3.63, 3.8) is 0 Å². The predicted molar refractivity (Wildman–Crippen MR) is 231 cm³/mol. The average molecular weight is 743 g/mol. The quantitative estimate of drug-likeness (QED) is 0.191. The van der Waals surface area contributed by atoms with E-state index < -0.39 is 5.41 Å². The molecule has 1 spiro atoms. The first-order valence-electron chi connectivity index (χ1n) is 19.5. The van der Waals surface area contributed by atoms with Crippen molar-refractivity contribution in [3.05, 3.63) is 239 Å². The molecule has 0 amide bonds. The van der Waals surface area contributed by atoms with E-state index in [1.165, 1.54) is 5.56 Å². The summed E-state index contributed by atoms with van der Waals surface area (Å²) < 4.78 is 6.56. The lowest BCUT2D eigenvalue weighted by molar-refractivity contribution is 0.436. The monoisotopic (exact) mass is 742 g/mol. The molecule has 0 saturated heterocycles. The molecule has 58 heavy (non-hydrogen) atoms. The maximum Gasteiger partial charge on any atom is 0.169 e. The van der Waals surface area contributed by atoms with Gasteiger partial charge >= 0.3 is 0 Å². The minimum atomic E-state index is -0.669. The van der Waals surface area contributed by atoms with Crippen molar-refractivity contribution in [1.82, 2.24) is 5.32 Å². The molecule has 0 radical (unpaired) electrons. The predicted octanol–water partition coefficient (Wildman–Crippen LogP) is 11.9.